The topological polar surface area (TPSA) is 125 Å². The van der Waals surface area contributed by atoms with Crippen LogP contribution in [0.5, 0.6) is 0 Å². The van der Waals surface area contributed by atoms with Gasteiger partial charge in [-0.25, -0.2) is 9.59 Å². The largest absolute Gasteiger partial charge is 0.464 e. The molecule has 0 saturated heterocycles. The number of nitrogens with one attached hydrogen (secondary N) is 1. The number of nitrogens with zero attached hydrogens (tertiary/aromatic N) is 1. The smallest absolute Gasteiger partial charge is 0.409 e. The molecule has 0 radical (unpaired) electrons. The number of nitro groups is 1. The predicted octanol–water partition coefficient (Wildman–Crippen LogP) is 4.16. The molecule has 0 aliphatic rings. The number of ether oxygens (including phenoxy) is 2. The summed E-state index contributed by atoms with van der Waals surface area (Å²) in [5.41, 5.74) is -1.69. The molecule has 0 spiro atoms. The van der Waals surface area contributed by atoms with E-state index < -0.39 is 28.3 Å². The lowest BCUT2D eigenvalue weighted by Crippen LogP contribution is -2.58. The molecule has 1 unspecified atom stereocenters. The number of benzene rings is 3. The summed E-state index contributed by atoms with van der Waals surface area (Å²) in [5, 5.41) is 13.4. The summed E-state index contributed by atoms with van der Waals surface area (Å²) in [7, 11) is 0. The molecule has 34 heavy (non-hydrogen) atoms. The van der Waals surface area contributed by atoms with Gasteiger partial charge in [0.05, 0.1) is 11.5 Å². The number of hydrogen-bond donors (Lipinski definition) is 1. The third-order valence-corrected chi connectivity index (χ3v) is 4.97. The zero-order chi connectivity index (χ0) is 24.6. The Morgan fingerprint density at radius 2 is 1.47 bits per heavy atom. The number of carbonyl (C=O) groups excluding carboxylic acids is 3. The van der Waals surface area contributed by atoms with Crippen molar-refractivity contribution in [3.63, 3.8) is 0 Å². The van der Waals surface area contributed by atoms with Gasteiger partial charge in [0.25, 0.3) is 5.69 Å². The van der Waals surface area contributed by atoms with E-state index in [2.05, 4.69) is 5.32 Å². The van der Waals surface area contributed by atoms with Crippen molar-refractivity contribution in [2.45, 2.75) is 19.1 Å². The maximum atomic E-state index is 13.7. The van der Waals surface area contributed by atoms with E-state index in [4.69, 9.17) is 9.47 Å². The molecule has 1 N–H and O–H groups in total. The van der Waals surface area contributed by atoms with E-state index in [1.54, 1.807) is 49.4 Å². The third kappa shape index (κ3) is 5.26. The number of alkyl carbamates (subject to hydrolysis) is 1. The fourth-order valence-corrected chi connectivity index (χ4v) is 3.31. The van der Waals surface area contributed by atoms with E-state index in [-0.39, 0.29) is 30.0 Å². The van der Waals surface area contributed by atoms with Crippen LogP contribution in [0.25, 0.3) is 0 Å². The van der Waals surface area contributed by atoms with Gasteiger partial charge in [-0.3, -0.25) is 20.2 Å². The fraction of sp³-hybridized carbons (Fsp3) is 0.160. The Morgan fingerprint density at radius 3 is 2.03 bits per heavy atom. The molecule has 0 aromatic heterocycles. The van der Waals surface area contributed by atoms with Crippen molar-refractivity contribution in [1.29, 1.82) is 0 Å². The molecule has 0 saturated carbocycles. The summed E-state index contributed by atoms with van der Waals surface area (Å²) in [5.74, 6) is -1.84. The van der Waals surface area contributed by atoms with Crippen LogP contribution in [0.1, 0.15) is 28.4 Å². The summed E-state index contributed by atoms with van der Waals surface area (Å²) in [6.45, 7) is 1.42. The van der Waals surface area contributed by atoms with Crippen molar-refractivity contribution in [3.8, 4) is 0 Å². The molecule has 1 amide bonds. The molecule has 9 heteroatoms. The predicted molar refractivity (Wildman–Crippen MR) is 122 cm³/mol. The average molecular weight is 462 g/mol. The van der Waals surface area contributed by atoms with E-state index in [1.807, 2.05) is 6.07 Å². The number of carbonyl (C=O) groups is 3. The highest BCUT2D eigenvalue weighted by Gasteiger charge is 2.51. The molecule has 174 valence electrons. The number of ketones is 1. The first kappa shape index (κ1) is 24.1. The molecule has 3 aromatic carbocycles. The molecule has 0 aliphatic heterocycles. The summed E-state index contributed by atoms with van der Waals surface area (Å²) in [6, 6.07) is 21.5. The normalized spacial score (nSPS) is 12.1. The second-order valence-electron chi connectivity index (χ2n) is 7.16. The summed E-state index contributed by atoms with van der Waals surface area (Å²) in [6.07, 6.45) is -1.02. The SMILES string of the molecule is CCOC(=O)C(NC(=O)OCc1ccccc1)(C(=O)c1ccc([N+](=O)[O-])cc1)c1ccccc1. The van der Waals surface area contributed by atoms with Gasteiger partial charge in [-0.2, -0.15) is 0 Å². The molecule has 3 aromatic rings. The van der Waals surface area contributed by atoms with Gasteiger partial charge in [-0.15, -0.1) is 0 Å². The van der Waals surface area contributed by atoms with Crippen LogP contribution in [-0.2, 0) is 26.4 Å². The van der Waals surface area contributed by atoms with Gasteiger partial charge in [-0.05, 0) is 30.2 Å². The molecule has 3 rings (SSSR count). The van der Waals surface area contributed by atoms with E-state index in [9.17, 15) is 24.5 Å². The summed E-state index contributed by atoms with van der Waals surface area (Å²) in [4.78, 5) is 50.2. The Bertz CT molecular complexity index is 1160. The second-order valence-corrected chi connectivity index (χ2v) is 7.16. The highest BCUT2D eigenvalue weighted by Crippen LogP contribution is 2.29. The minimum Gasteiger partial charge on any atom is -0.464 e. The van der Waals surface area contributed by atoms with Crippen LogP contribution in [0.4, 0.5) is 10.5 Å². The number of amides is 1. The van der Waals surface area contributed by atoms with E-state index in [0.29, 0.717) is 5.56 Å². The first-order chi connectivity index (χ1) is 16.4. The first-order valence-corrected chi connectivity index (χ1v) is 10.4. The monoisotopic (exact) mass is 462 g/mol. The average Bonchev–Trinajstić information content (AvgIpc) is 2.87. The lowest BCUT2D eigenvalue weighted by Gasteiger charge is -2.31. The molecular weight excluding hydrogens is 440 g/mol. The fourth-order valence-electron chi connectivity index (χ4n) is 3.31. The number of rotatable bonds is 9. The number of esters is 1. The van der Waals surface area contributed by atoms with Gasteiger partial charge in [0.1, 0.15) is 6.61 Å². The minimum absolute atomic E-state index is 0.0362. The first-order valence-electron chi connectivity index (χ1n) is 10.4. The number of Topliss-reactive ketones (excluding diaryl/α,β-unsaturated/α-hetero) is 1. The Hall–Kier alpha value is -4.53. The molecule has 1 atom stereocenters. The van der Waals surface area contributed by atoms with Gasteiger partial charge >= 0.3 is 12.1 Å². The van der Waals surface area contributed by atoms with Crippen LogP contribution in [-0.4, -0.2) is 29.4 Å². The Labute approximate surface area is 195 Å². The molecule has 0 heterocycles. The van der Waals surface area contributed by atoms with Crippen molar-refractivity contribution >= 4 is 23.5 Å². The highest BCUT2D eigenvalue weighted by atomic mass is 16.6. The van der Waals surface area contributed by atoms with E-state index in [1.165, 1.54) is 24.3 Å². The van der Waals surface area contributed by atoms with Crippen molar-refractivity contribution in [1.82, 2.24) is 5.32 Å². The standard InChI is InChI=1S/C25H22N2O7/c1-2-33-23(29)25(20-11-7-4-8-12-20,22(28)19-13-15-21(16-14-19)27(31)32)26-24(30)34-17-18-9-5-3-6-10-18/h3-16H,2,17H2,1H3,(H,26,30). The molecule has 9 nitrogen and oxygen atoms in total. The van der Waals surface area contributed by atoms with Gasteiger partial charge in [-0.1, -0.05) is 60.7 Å². The van der Waals surface area contributed by atoms with Gasteiger partial charge < -0.3 is 9.47 Å². The van der Waals surface area contributed by atoms with Crippen molar-refractivity contribution < 1.29 is 28.8 Å². The molecule has 0 aliphatic carbocycles. The zero-order valence-electron chi connectivity index (χ0n) is 18.3. The number of nitro benzene ring substituents is 1. The zero-order valence-corrected chi connectivity index (χ0v) is 18.3. The maximum absolute atomic E-state index is 13.7. The quantitative estimate of drug-likeness (QED) is 0.166. The minimum atomic E-state index is -2.28. The van der Waals surface area contributed by atoms with Gasteiger partial charge in [0.15, 0.2) is 0 Å². The van der Waals surface area contributed by atoms with Crippen LogP contribution >= 0.6 is 0 Å². The summed E-state index contributed by atoms with van der Waals surface area (Å²) >= 11 is 0. The van der Waals surface area contributed by atoms with E-state index >= 15 is 0 Å². The lowest BCUT2D eigenvalue weighted by molar-refractivity contribution is -0.384. The molecular formula is C25H22N2O7. The van der Waals surface area contributed by atoms with Gasteiger partial charge in [0, 0.05) is 17.7 Å². The van der Waals surface area contributed by atoms with Crippen LogP contribution < -0.4 is 5.32 Å². The third-order valence-electron chi connectivity index (χ3n) is 4.97. The second kappa shape index (κ2) is 10.9. The van der Waals surface area contributed by atoms with Crippen LogP contribution in [0.3, 0.4) is 0 Å². The Morgan fingerprint density at radius 1 is 0.882 bits per heavy atom. The number of non-ortho nitro benzene ring substituents is 1. The van der Waals surface area contributed by atoms with Gasteiger partial charge in [0.2, 0.25) is 11.3 Å². The van der Waals surface area contributed by atoms with Crippen LogP contribution in [0.2, 0.25) is 0 Å². The summed E-state index contributed by atoms with van der Waals surface area (Å²) < 4.78 is 10.5. The van der Waals surface area contributed by atoms with E-state index in [0.717, 1.165) is 12.1 Å². The number of hydrogen-bond acceptors (Lipinski definition) is 7. The highest BCUT2D eigenvalue weighted by molar-refractivity contribution is 6.18. The van der Waals surface area contributed by atoms with Crippen molar-refractivity contribution in [2.75, 3.05) is 6.61 Å². The van der Waals surface area contributed by atoms with Crippen molar-refractivity contribution in [2.24, 2.45) is 0 Å². The maximum Gasteiger partial charge on any atom is 0.409 e. The van der Waals surface area contributed by atoms with Crippen molar-refractivity contribution in [3.05, 3.63) is 112 Å². The molecule has 0 fully saturated rings. The van der Waals surface area contributed by atoms with Crippen LogP contribution in [0, 0.1) is 10.1 Å². The Kier molecular flexibility index (Phi) is 7.71. The molecule has 0 bridgehead atoms. The van der Waals surface area contributed by atoms with Crippen LogP contribution in [0.15, 0.2) is 84.9 Å². The Balaban J connectivity index is 2.02. The lowest BCUT2D eigenvalue weighted by atomic mass is 9.82.